The van der Waals surface area contributed by atoms with Gasteiger partial charge in [0.1, 0.15) is 5.75 Å². The molecule has 0 aromatic heterocycles. The first-order valence-corrected chi connectivity index (χ1v) is 7.44. The fourth-order valence-corrected chi connectivity index (χ4v) is 2.57. The summed E-state index contributed by atoms with van der Waals surface area (Å²) >= 11 is 5.67. The zero-order valence-electron chi connectivity index (χ0n) is 10.1. The molecule has 108 valence electrons. The molecule has 0 fully saturated rings. The Morgan fingerprint density at radius 3 is 2.37 bits per heavy atom. The molecule has 3 N–H and O–H groups in total. The van der Waals surface area contributed by atoms with E-state index < -0.39 is 21.5 Å². The predicted molar refractivity (Wildman–Crippen MR) is 77.4 cm³/mol. The number of rotatable bonds is 6. The molecular formula is C11H16Cl2N2O3S. The van der Waals surface area contributed by atoms with Gasteiger partial charge in [-0.25, -0.2) is 8.42 Å². The fraction of sp³-hybridized carbons (Fsp3) is 0.364. The third-order valence-electron chi connectivity index (χ3n) is 2.20. The van der Waals surface area contributed by atoms with Crippen molar-refractivity contribution in [3.8, 4) is 0 Å². The molecule has 1 rings (SSSR count). The molecule has 0 aliphatic carbocycles. The van der Waals surface area contributed by atoms with Crippen LogP contribution < -0.4 is 11.1 Å². The van der Waals surface area contributed by atoms with E-state index in [0.717, 1.165) is 0 Å². The number of halogens is 2. The molecule has 0 saturated heterocycles. The molecule has 5 nitrogen and oxygen atoms in total. The highest BCUT2D eigenvalue weighted by Crippen LogP contribution is 2.15. The molecule has 0 aliphatic heterocycles. The smallest absolute Gasteiger partial charge is 0.235 e. The topological polar surface area (TPSA) is 89.3 Å². The van der Waals surface area contributed by atoms with Crippen LogP contribution in [-0.2, 0) is 14.6 Å². The number of benzene rings is 1. The second-order valence-corrected chi connectivity index (χ2v) is 6.13. The monoisotopic (exact) mass is 326 g/mol. The van der Waals surface area contributed by atoms with Crippen molar-refractivity contribution in [2.75, 3.05) is 18.8 Å². The van der Waals surface area contributed by atoms with Gasteiger partial charge in [-0.05, 0) is 37.2 Å². The molecule has 1 amide bonds. The average molecular weight is 327 g/mol. The van der Waals surface area contributed by atoms with Gasteiger partial charge in [0.05, 0.1) is 4.90 Å². The molecule has 0 heterocycles. The molecule has 19 heavy (non-hydrogen) atoms. The standard InChI is InChI=1S/C11H15ClN2O3S.ClH/c12-9-2-4-10(5-3-9)18(16,17)8-11(15)14-7-1-6-13;/h2-5H,1,6-8,13H2,(H,14,15);1H. The number of hydrogen-bond acceptors (Lipinski definition) is 4. The summed E-state index contributed by atoms with van der Waals surface area (Å²) in [5.74, 6) is -1.10. The molecule has 1 aromatic carbocycles. The number of hydrogen-bond donors (Lipinski definition) is 2. The number of nitrogens with two attached hydrogens (primary N) is 1. The normalized spacial score (nSPS) is 10.6. The van der Waals surface area contributed by atoms with E-state index in [2.05, 4.69) is 5.32 Å². The van der Waals surface area contributed by atoms with Crippen LogP contribution in [0.2, 0.25) is 5.02 Å². The average Bonchev–Trinajstić information content (AvgIpc) is 2.29. The van der Waals surface area contributed by atoms with Gasteiger partial charge in [0.15, 0.2) is 9.84 Å². The Labute approximate surface area is 123 Å². The van der Waals surface area contributed by atoms with Gasteiger partial charge in [0.25, 0.3) is 0 Å². The number of sulfone groups is 1. The molecule has 0 aliphatic rings. The molecule has 8 heteroatoms. The molecule has 1 aromatic rings. The van der Waals surface area contributed by atoms with E-state index >= 15 is 0 Å². The van der Waals surface area contributed by atoms with Crippen molar-refractivity contribution in [3.05, 3.63) is 29.3 Å². The van der Waals surface area contributed by atoms with Gasteiger partial charge in [-0.3, -0.25) is 4.79 Å². The second kappa shape index (κ2) is 8.37. The van der Waals surface area contributed by atoms with Crippen LogP contribution in [0, 0.1) is 0 Å². The number of amides is 1. The maximum absolute atomic E-state index is 11.9. The summed E-state index contributed by atoms with van der Waals surface area (Å²) in [6, 6.07) is 5.71. The van der Waals surface area contributed by atoms with Gasteiger partial charge in [0, 0.05) is 11.6 Å². The number of nitrogens with one attached hydrogen (secondary N) is 1. The van der Waals surface area contributed by atoms with Gasteiger partial charge >= 0.3 is 0 Å². The lowest BCUT2D eigenvalue weighted by Gasteiger charge is -2.06. The zero-order chi connectivity index (χ0) is 13.6. The maximum atomic E-state index is 11.9. The minimum Gasteiger partial charge on any atom is -0.355 e. The predicted octanol–water partition coefficient (Wildman–Crippen LogP) is 1.00. The Kier molecular flexibility index (Phi) is 8.01. The van der Waals surface area contributed by atoms with Crippen molar-refractivity contribution >= 4 is 39.8 Å². The van der Waals surface area contributed by atoms with Crippen molar-refractivity contribution in [2.45, 2.75) is 11.3 Å². The number of carbonyl (C=O) groups excluding carboxylic acids is 1. The molecule has 0 atom stereocenters. The summed E-state index contributed by atoms with van der Waals surface area (Å²) in [4.78, 5) is 11.5. The van der Waals surface area contributed by atoms with E-state index in [1.165, 1.54) is 24.3 Å². The van der Waals surface area contributed by atoms with Gasteiger partial charge < -0.3 is 11.1 Å². The molecule has 0 radical (unpaired) electrons. The first-order valence-electron chi connectivity index (χ1n) is 5.41. The molecular weight excluding hydrogens is 311 g/mol. The zero-order valence-corrected chi connectivity index (χ0v) is 12.5. The minimum atomic E-state index is -3.62. The van der Waals surface area contributed by atoms with E-state index in [1.807, 2.05) is 0 Å². The van der Waals surface area contributed by atoms with Crippen molar-refractivity contribution in [2.24, 2.45) is 5.73 Å². The lowest BCUT2D eigenvalue weighted by Crippen LogP contribution is -2.31. The van der Waals surface area contributed by atoms with E-state index in [9.17, 15) is 13.2 Å². The Morgan fingerprint density at radius 2 is 1.84 bits per heavy atom. The second-order valence-electron chi connectivity index (χ2n) is 3.71. The molecule has 0 unspecified atom stereocenters. The van der Waals surface area contributed by atoms with Crippen molar-refractivity contribution in [1.82, 2.24) is 5.32 Å². The third-order valence-corrected chi connectivity index (χ3v) is 4.08. The van der Waals surface area contributed by atoms with Crippen LogP contribution >= 0.6 is 24.0 Å². The summed E-state index contributed by atoms with van der Waals surface area (Å²) in [6.45, 7) is 0.829. The Balaban J connectivity index is 0.00000324. The van der Waals surface area contributed by atoms with Crippen molar-refractivity contribution in [1.29, 1.82) is 0 Å². The quantitative estimate of drug-likeness (QED) is 0.763. The fourth-order valence-electron chi connectivity index (χ4n) is 1.28. The first-order chi connectivity index (χ1) is 8.45. The van der Waals surface area contributed by atoms with Crippen LogP contribution in [0.15, 0.2) is 29.2 Å². The minimum absolute atomic E-state index is 0. The van der Waals surface area contributed by atoms with E-state index in [0.29, 0.717) is 24.5 Å². The van der Waals surface area contributed by atoms with Crippen LogP contribution in [0.3, 0.4) is 0 Å². The summed E-state index contributed by atoms with van der Waals surface area (Å²) in [5, 5.41) is 2.94. The van der Waals surface area contributed by atoms with E-state index in [-0.39, 0.29) is 17.3 Å². The summed E-state index contributed by atoms with van der Waals surface area (Å²) < 4.78 is 23.7. The first kappa shape index (κ1) is 18.2. The van der Waals surface area contributed by atoms with Gasteiger partial charge in [-0.1, -0.05) is 11.6 Å². The molecule has 0 bridgehead atoms. The lowest BCUT2D eigenvalue weighted by molar-refractivity contribution is -0.118. The van der Waals surface area contributed by atoms with Gasteiger partial charge in [-0.15, -0.1) is 12.4 Å². The van der Waals surface area contributed by atoms with E-state index in [1.54, 1.807) is 0 Å². The van der Waals surface area contributed by atoms with Crippen molar-refractivity contribution < 1.29 is 13.2 Å². The Morgan fingerprint density at radius 1 is 1.26 bits per heavy atom. The highest BCUT2D eigenvalue weighted by Gasteiger charge is 2.18. The molecule has 0 spiro atoms. The number of carbonyl (C=O) groups is 1. The molecule has 0 saturated carbocycles. The van der Waals surface area contributed by atoms with Crippen molar-refractivity contribution in [3.63, 3.8) is 0 Å². The van der Waals surface area contributed by atoms with Crippen LogP contribution in [0.1, 0.15) is 6.42 Å². The van der Waals surface area contributed by atoms with Gasteiger partial charge in [0.2, 0.25) is 5.91 Å². The SMILES string of the molecule is Cl.NCCCNC(=O)CS(=O)(=O)c1ccc(Cl)cc1. The largest absolute Gasteiger partial charge is 0.355 e. The lowest BCUT2D eigenvalue weighted by atomic mass is 10.4. The van der Waals surface area contributed by atoms with E-state index in [4.69, 9.17) is 17.3 Å². The Hall–Kier alpha value is -0.820. The maximum Gasteiger partial charge on any atom is 0.235 e. The highest BCUT2D eigenvalue weighted by atomic mass is 35.5. The Bertz CT molecular complexity index is 503. The highest BCUT2D eigenvalue weighted by molar-refractivity contribution is 7.92. The summed E-state index contributed by atoms with van der Waals surface area (Å²) in [6.07, 6.45) is 0.618. The van der Waals surface area contributed by atoms with Crippen LogP contribution in [0.5, 0.6) is 0 Å². The van der Waals surface area contributed by atoms with Crippen LogP contribution in [0.25, 0.3) is 0 Å². The van der Waals surface area contributed by atoms with Crippen LogP contribution in [-0.4, -0.2) is 33.2 Å². The summed E-state index contributed by atoms with van der Waals surface area (Å²) in [5.41, 5.74) is 5.27. The third kappa shape index (κ3) is 6.24. The van der Waals surface area contributed by atoms with Crippen LogP contribution in [0.4, 0.5) is 0 Å². The summed E-state index contributed by atoms with van der Waals surface area (Å²) in [7, 11) is -3.62. The van der Waals surface area contributed by atoms with Gasteiger partial charge in [-0.2, -0.15) is 0 Å².